The Kier molecular flexibility index (Phi) is 6.15. The third-order valence-corrected chi connectivity index (χ3v) is 3.85. The summed E-state index contributed by atoms with van der Waals surface area (Å²) in [5.74, 6) is 1.05. The number of nitrogens with zero attached hydrogens (tertiary/aromatic N) is 3. The number of piperazine rings is 1. The van der Waals surface area contributed by atoms with E-state index in [-0.39, 0.29) is 11.8 Å². The van der Waals surface area contributed by atoms with Gasteiger partial charge in [0.05, 0.1) is 0 Å². The molecule has 1 fully saturated rings. The first kappa shape index (κ1) is 17.5. The Labute approximate surface area is 137 Å². The van der Waals surface area contributed by atoms with Gasteiger partial charge in [0.2, 0.25) is 5.91 Å². The lowest BCUT2D eigenvalue weighted by Gasteiger charge is -2.34. The smallest absolute Gasteiger partial charge is 0.276 e. The van der Waals surface area contributed by atoms with Crippen molar-refractivity contribution in [2.75, 3.05) is 39.3 Å². The molecule has 2 heterocycles. The molecule has 0 radical (unpaired) electrons. The van der Waals surface area contributed by atoms with Crippen LogP contribution in [0.15, 0.2) is 10.6 Å². The van der Waals surface area contributed by atoms with Crippen molar-refractivity contribution < 1.29 is 14.1 Å². The third kappa shape index (κ3) is 5.35. The van der Waals surface area contributed by atoms with E-state index in [4.69, 9.17) is 4.52 Å². The summed E-state index contributed by atoms with van der Waals surface area (Å²) >= 11 is 0. The second-order valence-electron chi connectivity index (χ2n) is 6.40. The number of rotatable bonds is 6. The summed E-state index contributed by atoms with van der Waals surface area (Å²) in [5.41, 5.74) is 0.372. The molecule has 0 aliphatic carbocycles. The molecule has 0 atom stereocenters. The molecule has 7 heteroatoms. The van der Waals surface area contributed by atoms with Gasteiger partial charge < -0.3 is 14.7 Å². The van der Waals surface area contributed by atoms with Crippen molar-refractivity contribution in [1.82, 2.24) is 20.3 Å². The van der Waals surface area contributed by atoms with Crippen molar-refractivity contribution >= 4 is 11.8 Å². The average Bonchev–Trinajstić information content (AvgIpc) is 2.93. The van der Waals surface area contributed by atoms with Crippen LogP contribution in [0.4, 0.5) is 0 Å². The molecule has 23 heavy (non-hydrogen) atoms. The molecule has 1 N–H and O–H groups in total. The minimum Gasteiger partial charge on any atom is -0.361 e. The molecule has 1 aromatic heterocycles. The van der Waals surface area contributed by atoms with E-state index in [2.05, 4.69) is 15.4 Å². The molecule has 0 bridgehead atoms. The van der Waals surface area contributed by atoms with E-state index in [1.54, 1.807) is 17.9 Å². The largest absolute Gasteiger partial charge is 0.361 e. The summed E-state index contributed by atoms with van der Waals surface area (Å²) in [5, 5.41) is 6.72. The first-order chi connectivity index (χ1) is 11.0. The Morgan fingerprint density at radius 3 is 2.57 bits per heavy atom. The van der Waals surface area contributed by atoms with E-state index in [0.29, 0.717) is 43.4 Å². The van der Waals surface area contributed by atoms with Crippen LogP contribution in [0.2, 0.25) is 0 Å². The average molecular weight is 322 g/mol. The topological polar surface area (TPSA) is 78.7 Å². The summed E-state index contributed by atoms with van der Waals surface area (Å²) < 4.78 is 4.95. The number of carbonyl (C=O) groups is 2. The lowest BCUT2D eigenvalue weighted by Crippen LogP contribution is -2.50. The van der Waals surface area contributed by atoms with E-state index in [1.807, 2.05) is 13.8 Å². The monoisotopic (exact) mass is 322 g/mol. The van der Waals surface area contributed by atoms with Crippen molar-refractivity contribution in [2.24, 2.45) is 5.92 Å². The number of hydrogen-bond donors (Lipinski definition) is 1. The Morgan fingerprint density at radius 1 is 1.30 bits per heavy atom. The first-order valence-electron chi connectivity index (χ1n) is 8.17. The molecule has 0 spiro atoms. The van der Waals surface area contributed by atoms with Gasteiger partial charge in [-0.2, -0.15) is 0 Å². The van der Waals surface area contributed by atoms with Gasteiger partial charge in [-0.25, -0.2) is 0 Å². The predicted octanol–water partition coefficient (Wildman–Crippen LogP) is 0.903. The second-order valence-corrected chi connectivity index (χ2v) is 6.40. The molecule has 7 nitrogen and oxygen atoms in total. The van der Waals surface area contributed by atoms with Gasteiger partial charge in [0, 0.05) is 51.8 Å². The van der Waals surface area contributed by atoms with Crippen molar-refractivity contribution in [1.29, 1.82) is 0 Å². The zero-order valence-corrected chi connectivity index (χ0v) is 14.2. The van der Waals surface area contributed by atoms with Gasteiger partial charge >= 0.3 is 0 Å². The van der Waals surface area contributed by atoms with E-state index >= 15 is 0 Å². The lowest BCUT2D eigenvalue weighted by molar-refractivity contribution is -0.121. The molecule has 1 aliphatic rings. The molecule has 2 rings (SSSR count). The minimum atomic E-state index is -0.0771. The maximum absolute atomic E-state index is 12.3. The summed E-state index contributed by atoms with van der Waals surface area (Å²) in [6, 6.07) is 1.67. The van der Waals surface area contributed by atoms with Crippen molar-refractivity contribution in [3.05, 3.63) is 17.5 Å². The molecule has 128 valence electrons. The number of aromatic nitrogens is 1. The standard InChI is InChI=1S/C16H26N4O3/c1-12(2)10-15(21)17-4-5-19-6-8-20(9-7-19)16(22)14-11-13(3)23-18-14/h11-12H,4-10H2,1-3H3,(H,17,21). The highest BCUT2D eigenvalue weighted by Crippen LogP contribution is 2.09. The summed E-state index contributed by atoms with van der Waals surface area (Å²) in [6.45, 7) is 10.3. The van der Waals surface area contributed by atoms with Gasteiger partial charge in [0.25, 0.3) is 5.91 Å². The van der Waals surface area contributed by atoms with Crippen LogP contribution < -0.4 is 5.32 Å². The quantitative estimate of drug-likeness (QED) is 0.842. The Bertz CT molecular complexity index is 533. The number of nitrogens with one attached hydrogen (secondary N) is 1. The number of hydrogen-bond acceptors (Lipinski definition) is 5. The molecule has 1 aliphatic heterocycles. The lowest BCUT2D eigenvalue weighted by atomic mass is 10.1. The fourth-order valence-electron chi connectivity index (χ4n) is 2.60. The van der Waals surface area contributed by atoms with Crippen molar-refractivity contribution in [3.8, 4) is 0 Å². The maximum atomic E-state index is 12.3. The number of amides is 2. The van der Waals surface area contributed by atoms with Gasteiger partial charge in [-0.15, -0.1) is 0 Å². The summed E-state index contributed by atoms with van der Waals surface area (Å²) in [6.07, 6.45) is 0.569. The Hall–Kier alpha value is -1.89. The van der Waals surface area contributed by atoms with Gasteiger partial charge in [-0.05, 0) is 12.8 Å². The summed E-state index contributed by atoms with van der Waals surface area (Å²) in [7, 11) is 0. The van der Waals surface area contributed by atoms with E-state index in [1.165, 1.54) is 0 Å². The van der Waals surface area contributed by atoms with Gasteiger partial charge in [0.15, 0.2) is 5.69 Å². The molecule has 1 saturated heterocycles. The zero-order chi connectivity index (χ0) is 16.8. The molecule has 1 aromatic rings. The highest BCUT2D eigenvalue weighted by Gasteiger charge is 2.24. The molecular weight excluding hydrogens is 296 g/mol. The van der Waals surface area contributed by atoms with Gasteiger partial charge in [-0.3, -0.25) is 14.5 Å². The number of carbonyl (C=O) groups excluding carboxylic acids is 2. The zero-order valence-electron chi connectivity index (χ0n) is 14.2. The third-order valence-electron chi connectivity index (χ3n) is 3.85. The molecule has 0 unspecified atom stereocenters. The van der Waals surface area contributed by atoms with E-state index < -0.39 is 0 Å². The van der Waals surface area contributed by atoms with Crippen LogP contribution in [0.5, 0.6) is 0 Å². The van der Waals surface area contributed by atoms with E-state index in [9.17, 15) is 9.59 Å². The molecule has 0 aromatic carbocycles. The minimum absolute atomic E-state index is 0.0771. The Morgan fingerprint density at radius 2 is 2.00 bits per heavy atom. The maximum Gasteiger partial charge on any atom is 0.276 e. The van der Waals surface area contributed by atoms with Gasteiger partial charge in [-0.1, -0.05) is 19.0 Å². The highest BCUT2D eigenvalue weighted by atomic mass is 16.5. The summed E-state index contributed by atoms with van der Waals surface area (Å²) in [4.78, 5) is 27.9. The second kappa shape index (κ2) is 8.10. The van der Waals surface area contributed by atoms with Gasteiger partial charge in [0.1, 0.15) is 5.76 Å². The molecule has 0 saturated carbocycles. The van der Waals surface area contributed by atoms with Crippen LogP contribution in [-0.2, 0) is 4.79 Å². The fraction of sp³-hybridized carbons (Fsp3) is 0.688. The van der Waals surface area contributed by atoms with Crippen LogP contribution in [0.1, 0.15) is 36.5 Å². The van der Waals surface area contributed by atoms with Crippen molar-refractivity contribution in [2.45, 2.75) is 27.2 Å². The number of aryl methyl sites for hydroxylation is 1. The Balaban J connectivity index is 1.68. The predicted molar refractivity (Wildman–Crippen MR) is 86.0 cm³/mol. The normalized spacial score (nSPS) is 15.9. The van der Waals surface area contributed by atoms with Crippen LogP contribution in [0.25, 0.3) is 0 Å². The first-order valence-corrected chi connectivity index (χ1v) is 8.17. The fourth-order valence-corrected chi connectivity index (χ4v) is 2.60. The van der Waals surface area contributed by atoms with Crippen LogP contribution in [0.3, 0.4) is 0 Å². The van der Waals surface area contributed by atoms with Crippen molar-refractivity contribution in [3.63, 3.8) is 0 Å². The SMILES string of the molecule is Cc1cc(C(=O)N2CCN(CCNC(=O)CC(C)C)CC2)no1. The van der Waals surface area contributed by atoms with Crippen LogP contribution in [-0.4, -0.2) is 66.0 Å². The van der Waals surface area contributed by atoms with Crippen LogP contribution in [0, 0.1) is 12.8 Å². The molecule has 2 amide bonds. The van der Waals surface area contributed by atoms with Crippen LogP contribution >= 0.6 is 0 Å². The molecular formula is C16H26N4O3. The highest BCUT2D eigenvalue weighted by molar-refractivity contribution is 5.92. The van der Waals surface area contributed by atoms with E-state index in [0.717, 1.165) is 19.6 Å².